The summed E-state index contributed by atoms with van der Waals surface area (Å²) in [5, 5.41) is 8.69. The van der Waals surface area contributed by atoms with Gasteiger partial charge in [-0.3, -0.25) is 9.36 Å². The molecule has 0 radical (unpaired) electrons. The maximum atomic E-state index is 10.8. The van der Waals surface area contributed by atoms with Crippen molar-refractivity contribution in [1.29, 1.82) is 0 Å². The molecule has 0 bridgehead atoms. The van der Waals surface area contributed by atoms with E-state index in [2.05, 4.69) is 0 Å². The third kappa shape index (κ3) is 5.64. The van der Waals surface area contributed by atoms with Gasteiger partial charge in [0.25, 0.3) is 0 Å². The van der Waals surface area contributed by atoms with E-state index in [4.69, 9.17) is 20.6 Å². The topological polar surface area (TPSA) is 121 Å². The summed E-state index contributed by atoms with van der Waals surface area (Å²) in [5.74, 6) is -0.649. The van der Waals surface area contributed by atoms with Crippen molar-refractivity contribution in [1.82, 2.24) is 0 Å². The van der Waals surface area contributed by atoms with Gasteiger partial charge in [0.05, 0.1) is 6.16 Å². The van der Waals surface area contributed by atoms with Gasteiger partial charge >= 0.3 is 13.6 Å². The second-order valence-corrected chi connectivity index (χ2v) is 6.61. The number of rotatable bonds is 5. The highest BCUT2D eigenvalue weighted by molar-refractivity contribution is 7.51. The van der Waals surface area contributed by atoms with Crippen molar-refractivity contribution >= 4 is 13.6 Å². The van der Waals surface area contributed by atoms with Crippen molar-refractivity contribution in [2.45, 2.75) is 38.1 Å². The average Bonchev–Trinajstić information content (AvgIpc) is 2.18. The lowest BCUT2D eigenvalue weighted by Crippen LogP contribution is -2.33. The summed E-state index contributed by atoms with van der Waals surface area (Å²) >= 11 is 0. The highest BCUT2D eigenvalue weighted by Crippen LogP contribution is 2.42. The first-order valence-electron chi connectivity index (χ1n) is 5.81. The van der Waals surface area contributed by atoms with Crippen LogP contribution in [0, 0.1) is 11.8 Å². The number of nitrogens with two attached hydrogens (primary N) is 1. The zero-order valence-electron chi connectivity index (χ0n) is 9.66. The molecule has 17 heavy (non-hydrogen) atoms. The highest BCUT2D eigenvalue weighted by atomic mass is 31.2. The third-order valence-electron chi connectivity index (χ3n) is 3.37. The molecule has 1 rings (SSSR count). The molecule has 0 aromatic carbocycles. The first-order valence-corrected chi connectivity index (χ1v) is 7.60. The van der Waals surface area contributed by atoms with E-state index in [0.29, 0.717) is 6.42 Å². The van der Waals surface area contributed by atoms with Crippen LogP contribution in [-0.2, 0) is 9.36 Å². The van der Waals surface area contributed by atoms with Gasteiger partial charge in [0, 0.05) is 0 Å². The third-order valence-corrected chi connectivity index (χ3v) is 4.36. The Balaban J connectivity index is 2.31. The fraction of sp³-hybridized carbons (Fsp3) is 0.900. The summed E-state index contributed by atoms with van der Waals surface area (Å²) < 4.78 is 10.8. The van der Waals surface area contributed by atoms with E-state index in [0.717, 1.165) is 25.7 Å². The molecule has 1 fully saturated rings. The van der Waals surface area contributed by atoms with Crippen LogP contribution in [-0.4, -0.2) is 33.1 Å². The molecule has 0 amide bonds. The minimum atomic E-state index is -3.92. The van der Waals surface area contributed by atoms with Crippen LogP contribution < -0.4 is 5.73 Å². The van der Waals surface area contributed by atoms with Crippen LogP contribution in [0.3, 0.4) is 0 Å². The lowest BCUT2D eigenvalue weighted by Gasteiger charge is -2.29. The van der Waals surface area contributed by atoms with Gasteiger partial charge in [-0.05, 0) is 31.1 Å². The molecule has 7 heteroatoms. The van der Waals surface area contributed by atoms with Crippen molar-refractivity contribution in [3.05, 3.63) is 0 Å². The van der Waals surface area contributed by atoms with Gasteiger partial charge in [-0.1, -0.05) is 12.8 Å². The van der Waals surface area contributed by atoms with Gasteiger partial charge < -0.3 is 20.6 Å². The van der Waals surface area contributed by atoms with Crippen molar-refractivity contribution in [3.8, 4) is 0 Å². The molecule has 0 spiro atoms. The summed E-state index contributed by atoms with van der Waals surface area (Å²) in [7, 11) is -3.92. The molecule has 5 N–H and O–H groups in total. The summed E-state index contributed by atoms with van der Waals surface area (Å²) in [4.78, 5) is 28.3. The minimum Gasteiger partial charge on any atom is -0.480 e. The first kappa shape index (κ1) is 14.6. The first-order chi connectivity index (χ1) is 7.78. The molecular weight excluding hydrogens is 245 g/mol. The fourth-order valence-electron chi connectivity index (χ4n) is 2.45. The van der Waals surface area contributed by atoms with E-state index >= 15 is 0 Å². The molecule has 6 nitrogen and oxygen atoms in total. The van der Waals surface area contributed by atoms with Crippen molar-refractivity contribution in [3.63, 3.8) is 0 Å². The van der Waals surface area contributed by atoms with Crippen molar-refractivity contribution in [2.75, 3.05) is 6.16 Å². The van der Waals surface area contributed by atoms with E-state index in [9.17, 15) is 9.36 Å². The molecule has 0 unspecified atom stereocenters. The number of carboxylic acids is 1. The van der Waals surface area contributed by atoms with Crippen molar-refractivity contribution < 1.29 is 24.3 Å². The smallest absolute Gasteiger partial charge is 0.325 e. The van der Waals surface area contributed by atoms with E-state index in [-0.39, 0.29) is 18.0 Å². The summed E-state index contributed by atoms with van der Waals surface area (Å²) in [6, 6.07) is -0.821. The Hall–Kier alpha value is -0.420. The second-order valence-electron chi connectivity index (χ2n) is 4.91. The highest BCUT2D eigenvalue weighted by Gasteiger charge is 2.28. The Morgan fingerprint density at radius 2 is 1.71 bits per heavy atom. The minimum absolute atomic E-state index is 0.0509. The van der Waals surface area contributed by atoms with Crippen LogP contribution >= 0.6 is 7.60 Å². The molecule has 1 aliphatic carbocycles. The number of hydrogen-bond acceptors (Lipinski definition) is 3. The van der Waals surface area contributed by atoms with Crippen molar-refractivity contribution in [2.24, 2.45) is 17.6 Å². The van der Waals surface area contributed by atoms with Gasteiger partial charge in [-0.2, -0.15) is 0 Å². The Bertz CT molecular complexity index is 308. The van der Waals surface area contributed by atoms with Gasteiger partial charge in [0.15, 0.2) is 0 Å². The van der Waals surface area contributed by atoms with Crippen LogP contribution in [0.4, 0.5) is 0 Å². The lowest BCUT2D eigenvalue weighted by molar-refractivity contribution is -0.139. The van der Waals surface area contributed by atoms with Gasteiger partial charge in [-0.25, -0.2) is 0 Å². The predicted octanol–water partition coefficient (Wildman–Crippen LogP) is 0.772. The van der Waals surface area contributed by atoms with Gasteiger partial charge in [0.2, 0.25) is 0 Å². The Morgan fingerprint density at radius 3 is 2.12 bits per heavy atom. The SMILES string of the molecule is N[C@@H](CC1CCC(CP(=O)(O)O)CC1)C(=O)O. The van der Waals surface area contributed by atoms with Crippen LogP contribution in [0.25, 0.3) is 0 Å². The molecular formula is C10H20NO5P. The van der Waals surface area contributed by atoms with Crippen LogP contribution in [0.2, 0.25) is 0 Å². The van der Waals surface area contributed by atoms with Crippen LogP contribution in [0.1, 0.15) is 32.1 Å². The average molecular weight is 265 g/mol. The van der Waals surface area contributed by atoms with Gasteiger partial charge in [0.1, 0.15) is 6.04 Å². The lowest BCUT2D eigenvalue weighted by atomic mass is 9.80. The predicted molar refractivity (Wildman–Crippen MR) is 62.6 cm³/mol. The number of aliphatic carboxylic acids is 1. The standard InChI is InChI=1S/C10H20NO5P/c11-9(10(12)13)5-7-1-3-8(4-2-7)6-17(14,15)16/h7-9H,1-6,11H2,(H,12,13)(H2,14,15,16)/t7?,8?,9-/m0/s1. The molecule has 1 atom stereocenters. The number of carboxylic acid groups (broad SMARTS) is 1. The molecule has 0 aliphatic heterocycles. The molecule has 0 aromatic heterocycles. The Kier molecular flexibility index (Phi) is 5.13. The van der Waals surface area contributed by atoms with Crippen LogP contribution in [0.15, 0.2) is 0 Å². The zero-order chi connectivity index (χ0) is 13.1. The molecule has 1 aliphatic rings. The van der Waals surface area contributed by atoms with E-state index in [1.54, 1.807) is 0 Å². The Labute approximate surface area is 100 Å². The molecule has 0 saturated heterocycles. The van der Waals surface area contributed by atoms with Crippen LogP contribution in [0.5, 0.6) is 0 Å². The number of carbonyl (C=O) groups is 1. The van der Waals surface area contributed by atoms with E-state index < -0.39 is 19.6 Å². The molecule has 0 aromatic rings. The van der Waals surface area contributed by atoms with E-state index in [1.807, 2.05) is 0 Å². The normalized spacial score (nSPS) is 27.7. The quantitative estimate of drug-likeness (QED) is 0.545. The number of hydrogen-bond donors (Lipinski definition) is 4. The van der Waals surface area contributed by atoms with Gasteiger partial charge in [-0.15, -0.1) is 0 Å². The molecule has 1 saturated carbocycles. The largest absolute Gasteiger partial charge is 0.480 e. The molecule has 0 heterocycles. The monoisotopic (exact) mass is 265 g/mol. The Morgan fingerprint density at radius 1 is 1.24 bits per heavy atom. The summed E-state index contributed by atoms with van der Waals surface area (Å²) in [6.45, 7) is 0. The maximum absolute atomic E-state index is 10.8. The molecule has 100 valence electrons. The zero-order valence-corrected chi connectivity index (χ0v) is 10.6. The second kappa shape index (κ2) is 5.96. The summed E-state index contributed by atoms with van der Waals surface area (Å²) in [6.07, 6.45) is 3.53. The fourth-order valence-corrected chi connectivity index (χ4v) is 3.48. The van der Waals surface area contributed by atoms with E-state index in [1.165, 1.54) is 0 Å². The maximum Gasteiger partial charge on any atom is 0.325 e. The summed E-state index contributed by atoms with van der Waals surface area (Å²) in [5.41, 5.74) is 5.46.